The Kier molecular flexibility index (Phi) is 8.00. The molecular formula is C22H29NO3. The van der Waals surface area contributed by atoms with Crippen molar-refractivity contribution < 1.29 is 14.3 Å². The van der Waals surface area contributed by atoms with E-state index in [1.807, 2.05) is 56.3 Å². The minimum Gasteiger partial charge on any atom is -0.494 e. The Bertz CT molecular complexity index is 712. The third-order valence-electron chi connectivity index (χ3n) is 4.30. The van der Waals surface area contributed by atoms with Crippen LogP contribution in [0.2, 0.25) is 0 Å². The second-order valence-electron chi connectivity index (χ2n) is 6.47. The fraction of sp³-hybridized carbons (Fsp3) is 0.409. The zero-order valence-electron chi connectivity index (χ0n) is 16.0. The maximum atomic E-state index is 12.1. The number of unbranched alkanes of at least 4 members (excludes halogenated alkanes) is 3. The lowest BCUT2D eigenvalue weighted by Crippen LogP contribution is -2.20. The minimum atomic E-state index is -0.189. The van der Waals surface area contributed by atoms with Gasteiger partial charge in [-0.3, -0.25) is 4.79 Å². The van der Waals surface area contributed by atoms with Gasteiger partial charge in [0.15, 0.2) is 6.61 Å². The van der Waals surface area contributed by atoms with Gasteiger partial charge in [-0.15, -0.1) is 0 Å². The lowest BCUT2D eigenvalue weighted by molar-refractivity contribution is -0.118. The summed E-state index contributed by atoms with van der Waals surface area (Å²) in [6, 6.07) is 13.3. The van der Waals surface area contributed by atoms with Crippen LogP contribution in [0.5, 0.6) is 11.5 Å². The molecule has 0 saturated carbocycles. The average molecular weight is 355 g/mol. The molecule has 0 unspecified atom stereocenters. The summed E-state index contributed by atoms with van der Waals surface area (Å²) < 4.78 is 11.4. The zero-order chi connectivity index (χ0) is 18.8. The van der Waals surface area contributed by atoms with Crippen LogP contribution in [0.1, 0.15) is 43.7 Å². The molecule has 2 rings (SSSR count). The van der Waals surface area contributed by atoms with E-state index in [1.54, 1.807) is 0 Å². The molecule has 0 radical (unpaired) electrons. The number of rotatable bonds is 10. The van der Waals surface area contributed by atoms with Crippen molar-refractivity contribution in [3.63, 3.8) is 0 Å². The van der Waals surface area contributed by atoms with Crippen LogP contribution in [0, 0.1) is 13.8 Å². The first-order valence-electron chi connectivity index (χ1n) is 9.32. The molecule has 0 bridgehead atoms. The molecule has 0 atom stereocenters. The van der Waals surface area contributed by atoms with Crippen LogP contribution >= 0.6 is 0 Å². The van der Waals surface area contributed by atoms with Gasteiger partial charge in [0, 0.05) is 11.8 Å². The summed E-state index contributed by atoms with van der Waals surface area (Å²) in [5.41, 5.74) is 2.91. The van der Waals surface area contributed by atoms with Gasteiger partial charge >= 0.3 is 0 Å². The fourth-order valence-electron chi connectivity index (χ4n) is 2.60. The van der Waals surface area contributed by atoms with Gasteiger partial charge in [0.1, 0.15) is 11.5 Å². The molecule has 1 amide bonds. The van der Waals surface area contributed by atoms with E-state index in [1.165, 1.54) is 19.3 Å². The molecule has 4 nitrogen and oxygen atoms in total. The molecule has 4 heteroatoms. The monoisotopic (exact) mass is 355 g/mol. The normalized spacial score (nSPS) is 10.4. The molecule has 1 N–H and O–H groups in total. The number of hydrogen-bond donors (Lipinski definition) is 1. The van der Waals surface area contributed by atoms with Gasteiger partial charge < -0.3 is 14.8 Å². The van der Waals surface area contributed by atoms with Crippen molar-refractivity contribution in [1.29, 1.82) is 0 Å². The van der Waals surface area contributed by atoms with Crippen LogP contribution < -0.4 is 14.8 Å². The highest BCUT2D eigenvalue weighted by atomic mass is 16.5. The minimum absolute atomic E-state index is 0.0214. The Morgan fingerprint density at radius 1 is 1.00 bits per heavy atom. The first-order valence-corrected chi connectivity index (χ1v) is 9.32. The zero-order valence-corrected chi connectivity index (χ0v) is 16.0. The summed E-state index contributed by atoms with van der Waals surface area (Å²) >= 11 is 0. The quantitative estimate of drug-likeness (QED) is 0.590. The highest BCUT2D eigenvalue weighted by Crippen LogP contribution is 2.21. The van der Waals surface area contributed by atoms with Crippen LogP contribution in [0.4, 0.5) is 5.69 Å². The molecule has 0 aromatic heterocycles. The summed E-state index contributed by atoms with van der Waals surface area (Å²) in [5.74, 6) is 1.32. The van der Waals surface area contributed by atoms with Crippen LogP contribution in [0.3, 0.4) is 0 Å². The van der Waals surface area contributed by atoms with Crippen molar-refractivity contribution in [2.45, 2.75) is 46.5 Å². The highest BCUT2D eigenvalue weighted by Gasteiger charge is 2.07. The van der Waals surface area contributed by atoms with E-state index in [4.69, 9.17) is 9.47 Å². The van der Waals surface area contributed by atoms with Gasteiger partial charge in [-0.2, -0.15) is 0 Å². The molecule has 0 saturated heterocycles. The maximum absolute atomic E-state index is 12.1. The lowest BCUT2D eigenvalue weighted by atomic mass is 10.1. The van der Waals surface area contributed by atoms with E-state index >= 15 is 0 Å². The smallest absolute Gasteiger partial charge is 0.262 e. The first-order chi connectivity index (χ1) is 12.6. The Morgan fingerprint density at radius 3 is 2.62 bits per heavy atom. The van der Waals surface area contributed by atoms with Gasteiger partial charge in [-0.05, 0) is 49.6 Å². The van der Waals surface area contributed by atoms with E-state index in [9.17, 15) is 4.79 Å². The number of benzene rings is 2. The SMILES string of the molecule is CCCCCCOc1cccc(NC(=O)COc2cccc(C)c2C)c1. The van der Waals surface area contributed by atoms with Crippen molar-refractivity contribution >= 4 is 11.6 Å². The number of hydrogen-bond acceptors (Lipinski definition) is 3. The van der Waals surface area contributed by atoms with E-state index in [0.717, 1.165) is 29.0 Å². The third-order valence-corrected chi connectivity index (χ3v) is 4.30. The Balaban J connectivity index is 1.81. The molecule has 2 aromatic carbocycles. The van der Waals surface area contributed by atoms with Crippen molar-refractivity contribution in [2.24, 2.45) is 0 Å². The van der Waals surface area contributed by atoms with Crippen LogP contribution in [0.15, 0.2) is 42.5 Å². The second kappa shape index (κ2) is 10.5. The molecule has 0 heterocycles. The Morgan fingerprint density at radius 2 is 1.81 bits per heavy atom. The van der Waals surface area contributed by atoms with Crippen molar-refractivity contribution in [2.75, 3.05) is 18.5 Å². The van der Waals surface area contributed by atoms with Gasteiger partial charge in [0.25, 0.3) is 5.91 Å². The predicted octanol–water partition coefficient (Wildman–Crippen LogP) is 5.28. The molecule has 0 aliphatic rings. The van der Waals surface area contributed by atoms with E-state index in [0.29, 0.717) is 12.3 Å². The number of ether oxygens (including phenoxy) is 2. The molecular weight excluding hydrogens is 326 g/mol. The molecule has 2 aromatic rings. The number of anilines is 1. The molecule has 0 fully saturated rings. The summed E-state index contributed by atoms with van der Waals surface area (Å²) in [7, 11) is 0. The largest absolute Gasteiger partial charge is 0.494 e. The Hall–Kier alpha value is -2.49. The highest BCUT2D eigenvalue weighted by molar-refractivity contribution is 5.92. The lowest BCUT2D eigenvalue weighted by Gasteiger charge is -2.12. The molecule has 0 aliphatic heterocycles. The summed E-state index contributed by atoms with van der Waals surface area (Å²) in [4.78, 5) is 12.1. The molecule has 0 aliphatic carbocycles. The van der Waals surface area contributed by atoms with Crippen molar-refractivity contribution in [3.8, 4) is 11.5 Å². The topological polar surface area (TPSA) is 47.6 Å². The molecule has 140 valence electrons. The van der Waals surface area contributed by atoms with Crippen LogP contribution in [-0.4, -0.2) is 19.1 Å². The number of nitrogens with one attached hydrogen (secondary N) is 1. The fourth-order valence-corrected chi connectivity index (χ4v) is 2.60. The number of carbonyl (C=O) groups is 1. The van der Waals surface area contributed by atoms with Crippen LogP contribution in [0.25, 0.3) is 0 Å². The van der Waals surface area contributed by atoms with E-state index in [2.05, 4.69) is 12.2 Å². The maximum Gasteiger partial charge on any atom is 0.262 e. The standard InChI is InChI=1S/C22H29NO3/c1-4-5-6-7-14-25-20-12-9-11-19(15-20)23-22(24)16-26-21-13-8-10-17(2)18(21)3/h8-13,15H,4-7,14,16H2,1-3H3,(H,23,24). The van der Waals surface area contributed by atoms with Gasteiger partial charge in [-0.25, -0.2) is 0 Å². The van der Waals surface area contributed by atoms with E-state index in [-0.39, 0.29) is 12.5 Å². The van der Waals surface area contributed by atoms with E-state index < -0.39 is 0 Å². The Labute approximate surface area is 156 Å². The third kappa shape index (κ3) is 6.43. The van der Waals surface area contributed by atoms with Gasteiger partial charge in [-0.1, -0.05) is 44.4 Å². The number of amides is 1. The van der Waals surface area contributed by atoms with Crippen molar-refractivity contribution in [3.05, 3.63) is 53.6 Å². The summed E-state index contributed by atoms with van der Waals surface area (Å²) in [5, 5.41) is 2.85. The predicted molar refractivity (Wildman–Crippen MR) is 106 cm³/mol. The second-order valence-corrected chi connectivity index (χ2v) is 6.47. The average Bonchev–Trinajstić information content (AvgIpc) is 2.63. The number of aryl methyl sites for hydroxylation is 1. The first kappa shape index (κ1) is 19.8. The summed E-state index contributed by atoms with van der Waals surface area (Å²) in [6.07, 6.45) is 4.68. The number of carbonyl (C=O) groups excluding carboxylic acids is 1. The molecule has 0 spiro atoms. The van der Waals surface area contributed by atoms with Crippen molar-refractivity contribution in [1.82, 2.24) is 0 Å². The van der Waals surface area contributed by atoms with Crippen LogP contribution in [-0.2, 0) is 4.79 Å². The summed E-state index contributed by atoms with van der Waals surface area (Å²) in [6.45, 7) is 6.89. The van der Waals surface area contributed by atoms with Gasteiger partial charge in [0.05, 0.1) is 6.61 Å². The van der Waals surface area contributed by atoms with Gasteiger partial charge in [0.2, 0.25) is 0 Å². The molecule has 26 heavy (non-hydrogen) atoms.